The Labute approximate surface area is 237 Å². The van der Waals surface area contributed by atoms with Crippen molar-refractivity contribution in [3.8, 4) is 17.2 Å². The Kier molecular flexibility index (Phi) is 17.7. The fraction of sp³-hybridized carbons (Fsp3) is 0.618. The molecule has 5 nitrogen and oxygen atoms in total. The zero-order valence-corrected chi connectivity index (χ0v) is 24.4. The lowest BCUT2D eigenvalue weighted by Gasteiger charge is -2.12. The van der Waals surface area contributed by atoms with Crippen molar-refractivity contribution >= 4 is 11.6 Å². The molecule has 0 aromatic heterocycles. The smallest absolute Gasteiger partial charge is 0.224 e. The van der Waals surface area contributed by atoms with Crippen LogP contribution in [-0.4, -0.2) is 22.7 Å². The standard InChI is InChI=1S/C34H53NO4/c1-2-3-4-16-19-29-21-24-32(37)28-33(29)39-27-18-15-13-11-9-7-5-6-8-10-12-14-17-20-34(38)35-30-22-25-31(36)26-23-30/h21-26,28,36-37H,2-20,27H2,1H3,(H,35,38). The number of hydrogen-bond donors (Lipinski definition) is 3. The van der Waals surface area contributed by atoms with E-state index in [1.807, 2.05) is 6.07 Å². The van der Waals surface area contributed by atoms with Gasteiger partial charge in [-0.2, -0.15) is 0 Å². The highest BCUT2D eigenvalue weighted by molar-refractivity contribution is 5.90. The normalized spacial score (nSPS) is 11.0. The first-order valence-corrected chi connectivity index (χ1v) is 15.6. The number of aromatic hydroxyl groups is 2. The van der Waals surface area contributed by atoms with Gasteiger partial charge in [0.25, 0.3) is 0 Å². The molecule has 1 amide bonds. The third-order valence-electron chi connectivity index (χ3n) is 7.31. The zero-order valence-electron chi connectivity index (χ0n) is 24.4. The first-order chi connectivity index (χ1) is 19.1. The molecule has 218 valence electrons. The third-order valence-corrected chi connectivity index (χ3v) is 7.31. The summed E-state index contributed by atoms with van der Waals surface area (Å²) < 4.78 is 6.03. The number of aryl methyl sites for hydroxylation is 1. The van der Waals surface area contributed by atoms with E-state index in [-0.39, 0.29) is 17.4 Å². The van der Waals surface area contributed by atoms with Crippen LogP contribution in [0.15, 0.2) is 42.5 Å². The minimum absolute atomic E-state index is 0.0481. The lowest BCUT2D eigenvalue weighted by Crippen LogP contribution is -2.10. The number of phenolic OH excluding ortho intramolecular Hbond substituents is 2. The van der Waals surface area contributed by atoms with Gasteiger partial charge in [0.1, 0.15) is 17.2 Å². The Bertz CT molecular complexity index is 897. The third kappa shape index (κ3) is 16.1. The van der Waals surface area contributed by atoms with E-state index in [9.17, 15) is 15.0 Å². The minimum Gasteiger partial charge on any atom is -0.508 e. The van der Waals surface area contributed by atoms with Crippen LogP contribution in [0, 0.1) is 0 Å². The summed E-state index contributed by atoms with van der Waals surface area (Å²) in [5.41, 5.74) is 1.96. The van der Waals surface area contributed by atoms with Gasteiger partial charge in [-0.05, 0) is 61.6 Å². The number of ether oxygens (including phenoxy) is 1. The Hall–Kier alpha value is -2.69. The van der Waals surface area contributed by atoms with E-state index < -0.39 is 0 Å². The first kappa shape index (κ1) is 32.5. The van der Waals surface area contributed by atoms with E-state index in [0.717, 1.165) is 43.7 Å². The summed E-state index contributed by atoms with van der Waals surface area (Å²) >= 11 is 0. The van der Waals surface area contributed by atoms with E-state index in [1.54, 1.807) is 36.4 Å². The molecule has 0 atom stereocenters. The lowest BCUT2D eigenvalue weighted by molar-refractivity contribution is -0.116. The summed E-state index contributed by atoms with van der Waals surface area (Å²) in [5.74, 6) is 1.41. The molecule has 2 aromatic rings. The second kappa shape index (κ2) is 21.2. The van der Waals surface area contributed by atoms with E-state index in [2.05, 4.69) is 12.2 Å². The van der Waals surface area contributed by atoms with Crippen LogP contribution in [0.3, 0.4) is 0 Å². The van der Waals surface area contributed by atoms with Crippen molar-refractivity contribution in [2.75, 3.05) is 11.9 Å². The predicted molar refractivity (Wildman–Crippen MR) is 163 cm³/mol. The minimum atomic E-state index is 0.0481. The van der Waals surface area contributed by atoms with Crippen LogP contribution in [0.4, 0.5) is 5.69 Å². The number of phenols is 2. The monoisotopic (exact) mass is 539 g/mol. The molecular weight excluding hydrogens is 486 g/mol. The molecule has 0 fully saturated rings. The molecule has 0 saturated heterocycles. The average molecular weight is 540 g/mol. The number of rotatable bonds is 23. The molecule has 0 heterocycles. The lowest BCUT2D eigenvalue weighted by atomic mass is 10.0. The number of unbranched alkanes of at least 4 members (excludes halogenated alkanes) is 15. The Balaban J connectivity index is 1.36. The van der Waals surface area contributed by atoms with Gasteiger partial charge in [0.15, 0.2) is 0 Å². The molecule has 0 spiro atoms. The SMILES string of the molecule is CCCCCCc1ccc(O)cc1OCCCCCCCCCCCCCCCC(=O)Nc1ccc(O)cc1. The topological polar surface area (TPSA) is 78.8 Å². The van der Waals surface area contributed by atoms with Crippen LogP contribution in [0.2, 0.25) is 0 Å². The van der Waals surface area contributed by atoms with Crippen molar-refractivity contribution in [2.24, 2.45) is 0 Å². The Morgan fingerprint density at radius 3 is 1.82 bits per heavy atom. The number of amides is 1. The number of hydrogen-bond acceptors (Lipinski definition) is 4. The van der Waals surface area contributed by atoms with Crippen molar-refractivity contribution < 1.29 is 19.7 Å². The fourth-order valence-electron chi connectivity index (χ4n) is 4.91. The summed E-state index contributed by atoms with van der Waals surface area (Å²) in [5, 5.41) is 22.0. The van der Waals surface area contributed by atoms with Crippen molar-refractivity contribution in [2.45, 2.75) is 129 Å². The van der Waals surface area contributed by atoms with Gasteiger partial charge >= 0.3 is 0 Å². The van der Waals surface area contributed by atoms with E-state index >= 15 is 0 Å². The molecule has 0 bridgehead atoms. The fourth-order valence-corrected chi connectivity index (χ4v) is 4.91. The summed E-state index contributed by atoms with van der Waals surface area (Å²) in [4.78, 5) is 12.0. The Morgan fingerprint density at radius 1 is 0.667 bits per heavy atom. The number of benzene rings is 2. The molecule has 2 rings (SSSR count). The largest absolute Gasteiger partial charge is 0.508 e. The van der Waals surface area contributed by atoms with Gasteiger partial charge in [-0.3, -0.25) is 4.79 Å². The number of nitrogens with one attached hydrogen (secondary N) is 1. The van der Waals surface area contributed by atoms with Crippen molar-refractivity contribution in [1.82, 2.24) is 0 Å². The van der Waals surface area contributed by atoms with E-state index in [4.69, 9.17) is 4.74 Å². The highest BCUT2D eigenvalue weighted by Crippen LogP contribution is 2.26. The zero-order chi connectivity index (χ0) is 28.0. The summed E-state index contributed by atoms with van der Waals surface area (Å²) in [6, 6.07) is 12.2. The molecule has 0 unspecified atom stereocenters. The van der Waals surface area contributed by atoms with Gasteiger partial charge in [-0.25, -0.2) is 0 Å². The van der Waals surface area contributed by atoms with E-state index in [0.29, 0.717) is 6.42 Å². The molecule has 39 heavy (non-hydrogen) atoms. The van der Waals surface area contributed by atoms with Gasteiger partial charge in [0.05, 0.1) is 6.61 Å². The Morgan fingerprint density at radius 2 is 1.21 bits per heavy atom. The second-order valence-corrected chi connectivity index (χ2v) is 10.9. The molecule has 0 saturated carbocycles. The molecule has 0 aliphatic rings. The van der Waals surface area contributed by atoms with Gasteiger partial charge in [0.2, 0.25) is 5.91 Å². The van der Waals surface area contributed by atoms with Crippen molar-refractivity contribution in [1.29, 1.82) is 0 Å². The van der Waals surface area contributed by atoms with Crippen molar-refractivity contribution in [3.63, 3.8) is 0 Å². The molecule has 5 heteroatoms. The van der Waals surface area contributed by atoms with Gasteiger partial charge in [0, 0.05) is 18.2 Å². The number of anilines is 1. The first-order valence-electron chi connectivity index (χ1n) is 15.6. The highest BCUT2D eigenvalue weighted by atomic mass is 16.5. The molecule has 0 aliphatic heterocycles. The maximum Gasteiger partial charge on any atom is 0.224 e. The molecule has 0 radical (unpaired) electrons. The van der Waals surface area contributed by atoms with Crippen molar-refractivity contribution in [3.05, 3.63) is 48.0 Å². The summed E-state index contributed by atoms with van der Waals surface area (Å²) in [6.45, 7) is 2.96. The number of carbonyl (C=O) groups excluding carboxylic acids is 1. The van der Waals surface area contributed by atoms with Crippen LogP contribution in [-0.2, 0) is 11.2 Å². The molecule has 0 aliphatic carbocycles. The molecule has 3 N–H and O–H groups in total. The van der Waals surface area contributed by atoms with Crippen LogP contribution < -0.4 is 10.1 Å². The second-order valence-electron chi connectivity index (χ2n) is 10.9. The van der Waals surface area contributed by atoms with E-state index in [1.165, 1.54) is 95.5 Å². The highest BCUT2D eigenvalue weighted by Gasteiger charge is 2.06. The van der Waals surface area contributed by atoms with Crippen LogP contribution >= 0.6 is 0 Å². The van der Waals surface area contributed by atoms with Gasteiger partial charge in [-0.1, -0.05) is 103 Å². The number of carbonyl (C=O) groups is 1. The van der Waals surface area contributed by atoms with Crippen LogP contribution in [0.1, 0.15) is 128 Å². The molecule has 2 aromatic carbocycles. The summed E-state index contributed by atoms with van der Waals surface area (Å²) in [6.07, 6.45) is 22.5. The maximum atomic E-state index is 12.0. The van der Waals surface area contributed by atoms with Crippen LogP contribution in [0.5, 0.6) is 17.2 Å². The predicted octanol–water partition coefficient (Wildman–Crippen LogP) is 9.70. The average Bonchev–Trinajstić information content (AvgIpc) is 2.93. The molecular formula is C34H53NO4. The quantitative estimate of drug-likeness (QED) is 0.0970. The summed E-state index contributed by atoms with van der Waals surface area (Å²) in [7, 11) is 0. The van der Waals surface area contributed by atoms with Gasteiger partial charge < -0.3 is 20.3 Å². The maximum absolute atomic E-state index is 12.0. The van der Waals surface area contributed by atoms with Crippen LogP contribution in [0.25, 0.3) is 0 Å². The van der Waals surface area contributed by atoms with Gasteiger partial charge in [-0.15, -0.1) is 0 Å².